The van der Waals surface area contributed by atoms with Gasteiger partial charge in [-0.05, 0) is 36.6 Å². The molecule has 15 heteroatoms. The number of nitrogens with zero attached hydrogens (tertiary/aromatic N) is 5. The molecule has 0 aliphatic carbocycles. The number of amides is 1. The first-order chi connectivity index (χ1) is 23.5. The standard InChI is InChI=1S/C34H33ClF2N8O4/c1-17-20(7-6-10-23(17)40-29-26-31(43-30(42-29)28(36)37)44(2)34(48)45(3)33(26)47)21-8-5-9-22(27(21)35)24-13-11-18(32(41-24)49-4)15-38-16-19-12-14-25(46)39-19/h5-11,13,19,28,38H,12,14-16H2,1-4H3,(H,39,46)(H,40,42,43). The van der Waals surface area contributed by atoms with Gasteiger partial charge in [-0.25, -0.2) is 28.5 Å². The quantitative estimate of drug-likeness (QED) is 0.189. The molecule has 0 radical (unpaired) electrons. The Balaban J connectivity index is 1.33. The SMILES string of the molecule is COc1nc(-c2cccc(-c3cccc(Nc4nc(C(F)F)nc5c4c(=O)n(C)c(=O)n5C)c3C)c2Cl)ccc1CNCC1CCC(=O)N1. The second kappa shape index (κ2) is 13.7. The number of hydrogen-bond donors (Lipinski definition) is 3. The number of hydrogen-bond acceptors (Lipinski definition) is 9. The Morgan fingerprint density at radius 1 is 1.00 bits per heavy atom. The van der Waals surface area contributed by atoms with Crippen LogP contribution < -0.4 is 31.9 Å². The lowest BCUT2D eigenvalue weighted by molar-refractivity contribution is -0.119. The number of carbonyl (C=O) groups is 1. The summed E-state index contributed by atoms with van der Waals surface area (Å²) in [6, 6.07) is 14.8. The fraction of sp³-hybridized carbons (Fsp3) is 0.294. The third-order valence-corrected chi connectivity index (χ3v) is 8.99. The third-order valence-electron chi connectivity index (χ3n) is 8.59. The number of pyridine rings is 1. The Bertz CT molecular complexity index is 2220. The molecule has 3 aromatic heterocycles. The van der Waals surface area contributed by atoms with Gasteiger partial charge in [0.1, 0.15) is 11.2 Å². The van der Waals surface area contributed by atoms with Crippen LogP contribution in [0.3, 0.4) is 0 Å². The number of rotatable bonds is 10. The van der Waals surface area contributed by atoms with Crippen molar-refractivity contribution in [1.82, 2.24) is 34.7 Å². The van der Waals surface area contributed by atoms with Crippen LogP contribution in [-0.2, 0) is 25.4 Å². The number of halogens is 3. The van der Waals surface area contributed by atoms with Crippen LogP contribution in [-0.4, -0.2) is 49.7 Å². The van der Waals surface area contributed by atoms with Crippen molar-refractivity contribution in [3.63, 3.8) is 0 Å². The van der Waals surface area contributed by atoms with E-state index in [9.17, 15) is 23.2 Å². The van der Waals surface area contributed by atoms with Crippen molar-refractivity contribution in [3.05, 3.63) is 91.3 Å². The Kier molecular flexibility index (Phi) is 9.43. The highest BCUT2D eigenvalue weighted by atomic mass is 35.5. The van der Waals surface area contributed by atoms with E-state index in [0.29, 0.717) is 58.5 Å². The molecule has 5 aromatic rings. The fourth-order valence-electron chi connectivity index (χ4n) is 5.93. The van der Waals surface area contributed by atoms with Gasteiger partial charge in [-0.2, -0.15) is 0 Å². The first-order valence-electron chi connectivity index (χ1n) is 15.4. The molecule has 49 heavy (non-hydrogen) atoms. The van der Waals surface area contributed by atoms with Crippen molar-refractivity contribution in [2.75, 3.05) is 19.0 Å². The van der Waals surface area contributed by atoms with Crippen LogP contribution in [0.5, 0.6) is 5.88 Å². The molecule has 1 fully saturated rings. The van der Waals surface area contributed by atoms with Gasteiger partial charge < -0.3 is 20.7 Å². The Morgan fingerprint density at radius 3 is 2.45 bits per heavy atom. The number of benzene rings is 2. The molecule has 1 saturated heterocycles. The van der Waals surface area contributed by atoms with E-state index in [0.717, 1.165) is 26.7 Å². The van der Waals surface area contributed by atoms with Gasteiger partial charge in [0.15, 0.2) is 11.5 Å². The maximum absolute atomic E-state index is 13.8. The highest BCUT2D eigenvalue weighted by Crippen LogP contribution is 2.40. The summed E-state index contributed by atoms with van der Waals surface area (Å²) in [7, 11) is 4.20. The van der Waals surface area contributed by atoms with Gasteiger partial charge in [0.2, 0.25) is 11.8 Å². The van der Waals surface area contributed by atoms with Crippen molar-refractivity contribution < 1.29 is 18.3 Å². The minimum atomic E-state index is -3.04. The van der Waals surface area contributed by atoms with Gasteiger partial charge in [0, 0.05) is 62.0 Å². The number of methoxy groups -OCH3 is 1. The average molecular weight is 691 g/mol. The molecule has 4 heterocycles. The molecule has 1 amide bonds. The minimum Gasteiger partial charge on any atom is -0.481 e. The van der Waals surface area contributed by atoms with Crippen LogP contribution in [0.25, 0.3) is 33.4 Å². The number of ether oxygens (including phenoxy) is 1. The molecular formula is C34H33ClF2N8O4. The zero-order chi connectivity index (χ0) is 35.0. The van der Waals surface area contributed by atoms with Crippen LogP contribution in [0.4, 0.5) is 20.3 Å². The predicted molar refractivity (Wildman–Crippen MR) is 183 cm³/mol. The highest BCUT2D eigenvalue weighted by Gasteiger charge is 2.23. The summed E-state index contributed by atoms with van der Waals surface area (Å²) >= 11 is 7.04. The van der Waals surface area contributed by atoms with E-state index in [1.54, 1.807) is 19.2 Å². The summed E-state index contributed by atoms with van der Waals surface area (Å²) in [4.78, 5) is 49.7. The lowest BCUT2D eigenvalue weighted by atomic mass is 9.96. The van der Waals surface area contributed by atoms with Crippen LogP contribution >= 0.6 is 11.6 Å². The molecule has 0 bridgehead atoms. The minimum absolute atomic E-state index is 0.0664. The van der Waals surface area contributed by atoms with Gasteiger partial charge in [-0.1, -0.05) is 48.0 Å². The first-order valence-corrected chi connectivity index (χ1v) is 15.8. The zero-order valence-corrected chi connectivity index (χ0v) is 27.9. The van der Waals surface area contributed by atoms with Crippen LogP contribution in [0, 0.1) is 6.92 Å². The molecule has 12 nitrogen and oxygen atoms in total. The summed E-state index contributed by atoms with van der Waals surface area (Å²) in [6.45, 7) is 2.96. The van der Waals surface area contributed by atoms with Crippen molar-refractivity contribution >= 4 is 40.0 Å². The number of carbonyl (C=O) groups excluding carboxylic acids is 1. The maximum atomic E-state index is 13.8. The van der Waals surface area contributed by atoms with Crippen molar-refractivity contribution in [3.8, 4) is 28.3 Å². The average Bonchev–Trinajstić information content (AvgIpc) is 3.51. The lowest BCUT2D eigenvalue weighted by Crippen LogP contribution is -2.38. The number of anilines is 2. The topological polar surface area (TPSA) is 145 Å². The Hall–Kier alpha value is -5.21. The molecule has 1 unspecified atom stereocenters. The second-order valence-corrected chi connectivity index (χ2v) is 12.1. The Morgan fingerprint density at radius 2 is 1.73 bits per heavy atom. The zero-order valence-electron chi connectivity index (χ0n) is 27.1. The normalized spacial score (nSPS) is 14.4. The van der Waals surface area contributed by atoms with Crippen LogP contribution in [0.1, 0.15) is 36.2 Å². The third kappa shape index (κ3) is 6.48. The van der Waals surface area contributed by atoms with Gasteiger partial charge in [0.25, 0.3) is 12.0 Å². The second-order valence-electron chi connectivity index (χ2n) is 11.7. The van der Waals surface area contributed by atoms with Crippen LogP contribution in [0.2, 0.25) is 5.02 Å². The number of aryl methyl sites for hydroxylation is 1. The molecular weight excluding hydrogens is 658 g/mol. The Labute approximate surface area is 284 Å². The summed E-state index contributed by atoms with van der Waals surface area (Å²) in [5.41, 5.74) is 3.05. The van der Waals surface area contributed by atoms with E-state index < -0.39 is 23.5 Å². The number of nitrogens with one attached hydrogen (secondary N) is 3. The summed E-state index contributed by atoms with van der Waals surface area (Å²) < 4.78 is 35.2. The monoisotopic (exact) mass is 690 g/mol. The molecule has 1 aliphatic rings. The summed E-state index contributed by atoms with van der Waals surface area (Å²) in [5.74, 6) is -0.477. The number of aromatic nitrogens is 5. The largest absolute Gasteiger partial charge is 0.481 e. The lowest BCUT2D eigenvalue weighted by Gasteiger charge is -2.17. The molecule has 2 aromatic carbocycles. The smallest absolute Gasteiger partial charge is 0.332 e. The summed E-state index contributed by atoms with van der Waals surface area (Å²) in [6.07, 6.45) is -1.71. The number of alkyl halides is 2. The summed E-state index contributed by atoms with van der Waals surface area (Å²) in [5, 5.41) is 9.66. The van der Waals surface area contributed by atoms with Gasteiger partial charge >= 0.3 is 5.69 Å². The molecule has 1 aliphatic heterocycles. The molecule has 1 atom stereocenters. The molecule has 254 valence electrons. The molecule has 6 rings (SSSR count). The van der Waals surface area contributed by atoms with E-state index in [-0.39, 0.29) is 28.8 Å². The van der Waals surface area contributed by atoms with E-state index in [4.69, 9.17) is 21.3 Å². The highest BCUT2D eigenvalue weighted by molar-refractivity contribution is 6.36. The molecule has 0 saturated carbocycles. The van der Waals surface area contributed by atoms with Gasteiger partial charge in [-0.3, -0.25) is 18.7 Å². The van der Waals surface area contributed by atoms with Crippen molar-refractivity contribution in [2.24, 2.45) is 14.1 Å². The van der Waals surface area contributed by atoms with Crippen molar-refractivity contribution in [1.29, 1.82) is 0 Å². The van der Waals surface area contributed by atoms with Gasteiger partial charge in [0.05, 0.1) is 17.8 Å². The first kappa shape index (κ1) is 33.7. The maximum Gasteiger partial charge on any atom is 0.332 e. The van der Waals surface area contributed by atoms with Gasteiger partial charge in [-0.15, -0.1) is 0 Å². The molecule has 3 N–H and O–H groups in total. The molecule has 0 spiro atoms. The fourth-order valence-corrected chi connectivity index (χ4v) is 6.26. The van der Waals surface area contributed by atoms with Crippen LogP contribution in [0.15, 0.2) is 58.1 Å². The van der Waals surface area contributed by atoms with E-state index in [2.05, 4.69) is 25.9 Å². The van der Waals surface area contributed by atoms with Crippen molar-refractivity contribution in [2.45, 2.75) is 38.8 Å². The van der Waals surface area contributed by atoms with E-state index in [1.807, 2.05) is 43.3 Å². The predicted octanol–water partition coefficient (Wildman–Crippen LogP) is 4.78. The number of fused-ring (bicyclic) bond motifs is 1. The van der Waals surface area contributed by atoms with E-state index >= 15 is 0 Å². The van der Waals surface area contributed by atoms with E-state index in [1.165, 1.54) is 14.1 Å².